The number of carboxylic acids is 1. The van der Waals surface area contributed by atoms with Gasteiger partial charge in [0.25, 0.3) is 0 Å². The quantitative estimate of drug-likeness (QED) is 0.542. The number of hydrogen-bond donors (Lipinski definition) is 4. The molecule has 27 heavy (non-hydrogen) atoms. The van der Waals surface area contributed by atoms with E-state index in [0.29, 0.717) is 14.9 Å². The van der Waals surface area contributed by atoms with E-state index in [1.807, 2.05) is 0 Å². The van der Waals surface area contributed by atoms with Crippen LogP contribution in [-0.4, -0.2) is 71.7 Å². The third-order valence-electron chi connectivity index (χ3n) is 4.03. The number of carboxylic acid groups (broad SMARTS) is 1. The van der Waals surface area contributed by atoms with Crippen molar-refractivity contribution in [2.45, 2.75) is 34.7 Å². The molecule has 0 spiro atoms. The van der Waals surface area contributed by atoms with Gasteiger partial charge in [-0.05, 0) is 18.2 Å². The van der Waals surface area contributed by atoms with Gasteiger partial charge in [-0.1, -0.05) is 40.2 Å². The zero-order valence-corrected chi connectivity index (χ0v) is 15.8. The second kappa shape index (κ2) is 8.31. The highest BCUT2D eigenvalue weighted by molar-refractivity contribution is 7.99. The molecule has 5 atom stereocenters. The lowest BCUT2D eigenvalue weighted by atomic mass is 9.97. The molecule has 9 nitrogen and oxygen atoms in total. The van der Waals surface area contributed by atoms with Crippen molar-refractivity contribution >= 4 is 40.9 Å². The second-order valence-electron chi connectivity index (χ2n) is 5.78. The monoisotopic (exact) mass is 435 g/mol. The Balaban J connectivity index is 1.88. The molecule has 0 radical (unpaired) electrons. The van der Waals surface area contributed by atoms with Gasteiger partial charge >= 0.3 is 5.97 Å². The zero-order chi connectivity index (χ0) is 19.7. The summed E-state index contributed by atoms with van der Waals surface area (Å²) in [7, 11) is 0. The molecule has 1 aromatic carbocycles. The average molecular weight is 436 g/mol. The zero-order valence-electron chi connectivity index (χ0n) is 13.5. The summed E-state index contributed by atoms with van der Waals surface area (Å²) in [6.07, 6.45) is -2.54. The molecule has 1 saturated heterocycles. The maximum absolute atomic E-state index is 11.0. The van der Waals surface area contributed by atoms with E-state index in [1.54, 1.807) is 18.2 Å². The first-order chi connectivity index (χ1) is 12.8. The number of halogens is 2. The Kier molecular flexibility index (Phi) is 6.26. The summed E-state index contributed by atoms with van der Waals surface area (Å²) in [5.74, 6) is -1.29. The molecular formula is C15H15Cl2N3O6S. The van der Waals surface area contributed by atoms with Crippen LogP contribution in [0.1, 0.15) is 16.5 Å². The molecule has 3 unspecified atom stereocenters. The molecule has 1 aliphatic heterocycles. The minimum atomic E-state index is -1.33. The third kappa shape index (κ3) is 4.21. The van der Waals surface area contributed by atoms with Crippen molar-refractivity contribution < 1.29 is 30.0 Å². The van der Waals surface area contributed by atoms with Crippen LogP contribution in [0.2, 0.25) is 10.0 Å². The SMILES string of the molecule is O=C(O)c1cn(C2C(O)[C@@H](Sc3ccc(Cl)c(Cl)c3)OC(CO)[C@@H]2O)nn1. The van der Waals surface area contributed by atoms with Gasteiger partial charge in [0.05, 0.1) is 22.8 Å². The molecule has 146 valence electrons. The first-order valence-corrected chi connectivity index (χ1v) is 9.34. The van der Waals surface area contributed by atoms with Gasteiger partial charge in [0, 0.05) is 4.90 Å². The molecular weight excluding hydrogens is 421 g/mol. The molecule has 2 heterocycles. The van der Waals surface area contributed by atoms with Gasteiger partial charge in [-0.25, -0.2) is 9.48 Å². The number of thioether (sulfide) groups is 1. The molecule has 0 aliphatic carbocycles. The van der Waals surface area contributed by atoms with Crippen molar-refractivity contribution in [3.63, 3.8) is 0 Å². The Labute approximate surface area is 167 Å². The predicted octanol–water partition coefficient (Wildman–Crippen LogP) is 1.06. The lowest BCUT2D eigenvalue weighted by Gasteiger charge is -2.41. The Morgan fingerprint density at radius 1 is 1.26 bits per heavy atom. The molecule has 1 aromatic heterocycles. The molecule has 1 fully saturated rings. The Hall–Kier alpha value is -1.40. The van der Waals surface area contributed by atoms with Crippen molar-refractivity contribution in [3.8, 4) is 0 Å². The normalized spacial score (nSPS) is 28.3. The van der Waals surface area contributed by atoms with E-state index in [2.05, 4.69) is 10.3 Å². The van der Waals surface area contributed by atoms with Crippen LogP contribution in [0.5, 0.6) is 0 Å². The molecule has 1 aliphatic rings. The Morgan fingerprint density at radius 2 is 2.00 bits per heavy atom. The summed E-state index contributed by atoms with van der Waals surface area (Å²) in [5.41, 5.74) is -1.24. The fourth-order valence-corrected chi connectivity index (χ4v) is 4.14. The number of nitrogens with zero attached hydrogens (tertiary/aromatic N) is 3. The molecule has 0 bridgehead atoms. The molecule has 12 heteroatoms. The van der Waals surface area contributed by atoms with E-state index in [4.69, 9.17) is 33.0 Å². The van der Waals surface area contributed by atoms with E-state index < -0.39 is 42.4 Å². The van der Waals surface area contributed by atoms with Crippen LogP contribution in [-0.2, 0) is 4.74 Å². The maximum Gasteiger partial charge on any atom is 0.358 e. The van der Waals surface area contributed by atoms with Crippen LogP contribution < -0.4 is 0 Å². The van der Waals surface area contributed by atoms with Gasteiger partial charge in [-0.15, -0.1) is 5.10 Å². The number of aliphatic hydroxyl groups excluding tert-OH is 3. The Bertz CT molecular complexity index is 838. The Morgan fingerprint density at radius 3 is 2.59 bits per heavy atom. The number of ether oxygens (including phenoxy) is 1. The number of hydrogen-bond acceptors (Lipinski definition) is 8. The highest BCUT2D eigenvalue weighted by atomic mass is 35.5. The number of aliphatic hydroxyl groups is 3. The van der Waals surface area contributed by atoms with E-state index in [0.717, 1.165) is 22.6 Å². The number of rotatable bonds is 5. The minimum Gasteiger partial charge on any atom is -0.476 e. The van der Waals surface area contributed by atoms with Crippen LogP contribution in [0.25, 0.3) is 0 Å². The number of aromatic carboxylic acids is 1. The highest BCUT2D eigenvalue weighted by Gasteiger charge is 2.46. The van der Waals surface area contributed by atoms with Gasteiger partial charge in [0.2, 0.25) is 0 Å². The van der Waals surface area contributed by atoms with Gasteiger partial charge < -0.3 is 25.2 Å². The molecule has 0 amide bonds. The first kappa shape index (κ1) is 20.3. The number of aromatic nitrogens is 3. The van der Waals surface area contributed by atoms with Gasteiger partial charge in [0.15, 0.2) is 5.69 Å². The summed E-state index contributed by atoms with van der Waals surface area (Å²) in [5, 5.41) is 47.5. The summed E-state index contributed by atoms with van der Waals surface area (Å²) in [6.45, 7) is -0.511. The predicted molar refractivity (Wildman–Crippen MR) is 96.1 cm³/mol. The van der Waals surface area contributed by atoms with Crippen molar-refractivity contribution in [2.24, 2.45) is 0 Å². The van der Waals surface area contributed by atoms with Gasteiger partial charge in [-0.2, -0.15) is 0 Å². The summed E-state index contributed by atoms with van der Waals surface area (Å²) >= 11 is 13.0. The van der Waals surface area contributed by atoms with Gasteiger partial charge in [0.1, 0.15) is 29.8 Å². The van der Waals surface area contributed by atoms with Crippen LogP contribution >= 0.6 is 35.0 Å². The number of benzene rings is 1. The highest BCUT2D eigenvalue weighted by Crippen LogP contribution is 2.39. The molecule has 0 saturated carbocycles. The van der Waals surface area contributed by atoms with Crippen LogP contribution in [0.15, 0.2) is 29.3 Å². The second-order valence-corrected chi connectivity index (χ2v) is 7.77. The first-order valence-electron chi connectivity index (χ1n) is 7.71. The van der Waals surface area contributed by atoms with Crippen LogP contribution in [0, 0.1) is 0 Å². The molecule has 3 rings (SSSR count). The smallest absolute Gasteiger partial charge is 0.358 e. The average Bonchev–Trinajstić information content (AvgIpc) is 3.10. The summed E-state index contributed by atoms with van der Waals surface area (Å²) in [4.78, 5) is 11.7. The van der Waals surface area contributed by atoms with Crippen molar-refractivity contribution in [2.75, 3.05) is 6.61 Å². The van der Waals surface area contributed by atoms with Crippen molar-refractivity contribution in [1.82, 2.24) is 15.0 Å². The van der Waals surface area contributed by atoms with E-state index >= 15 is 0 Å². The summed E-state index contributed by atoms with van der Waals surface area (Å²) in [6, 6.07) is 3.79. The van der Waals surface area contributed by atoms with Crippen LogP contribution in [0.3, 0.4) is 0 Å². The van der Waals surface area contributed by atoms with Gasteiger partial charge in [-0.3, -0.25) is 0 Å². The fraction of sp³-hybridized carbons (Fsp3) is 0.400. The maximum atomic E-state index is 11.0. The minimum absolute atomic E-state index is 0.324. The van der Waals surface area contributed by atoms with Crippen LogP contribution in [0.4, 0.5) is 0 Å². The van der Waals surface area contributed by atoms with E-state index in [-0.39, 0.29) is 5.69 Å². The fourth-order valence-electron chi connectivity index (χ4n) is 2.68. The van der Waals surface area contributed by atoms with E-state index in [1.165, 1.54) is 0 Å². The standard InChI is InChI=1S/C15H15Cl2N3O6S/c16-7-2-1-6(3-8(7)17)27-15-13(23)11(12(22)10(5-21)26-15)20-4-9(14(24)25)18-19-20/h1-4,10-13,15,21-23H,5H2,(H,24,25)/t10?,11?,12-,13?,15+/m0/s1. The topological polar surface area (TPSA) is 138 Å². The third-order valence-corrected chi connectivity index (χ3v) is 5.91. The van der Waals surface area contributed by atoms with Crippen molar-refractivity contribution in [1.29, 1.82) is 0 Å². The lowest BCUT2D eigenvalue weighted by molar-refractivity contribution is -0.178. The molecule has 4 N–H and O–H groups in total. The van der Waals surface area contributed by atoms with Crippen molar-refractivity contribution in [3.05, 3.63) is 40.1 Å². The summed E-state index contributed by atoms with van der Waals surface area (Å²) < 4.78 is 6.66. The lowest BCUT2D eigenvalue weighted by Crippen LogP contribution is -2.55. The number of carbonyl (C=O) groups is 1. The van der Waals surface area contributed by atoms with E-state index in [9.17, 15) is 20.1 Å². The largest absolute Gasteiger partial charge is 0.476 e. The molecule has 2 aromatic rings.